The molecule has 1 unspecified atom stereocenters. The molecule has 0 saturated carbocycles. The summed E-state index contributed by atoms with van der Waals surface area (Å²) >= 11 is 0. The van der Waals surface area contributed by atoms with E-state index in [4.69, 9.17) is 0 Å². The van der Waals surface area contributed by atoms with Crippen LogP contribution < -0.4 is 0 Å². The van der Waals surface area contributed by atoms with Crippen molar-refractivity contribution in [3.63, 3.8) is 0 Å². The van der Waals surface area contributed by atoms with Crippen molar-refractivity contribution in [2.45, 2.75) is 51.9 Å². The Balaban J connectivity index is 1.41. The van der Waals surface area contributed by atoms with E-state index in [2.05, 4.69) is 16.7 Å². The summed E-state index contributed by atoms with van der Waals surface area (Å²) in [5, 5.41) is 0. The minimum absolute atomic E-state index is 0.185. The van der Waals surface area contributed by atoms with Gasteiger partial charge in [-0.25, -0.2) is 0 Å². The van der Waals surface area contributed by atoms with Gasteiger partial charge in [-0.15, -0.1) is 0 Å². The van der Waals surface area contributed by atoms with E-state index in [1.807, 2.05) is 4.90 Å². The molecule has 24 heavy (non-hydrogen) atoms. The molecule has 3 heterocycles. The Hall–Kier alpha value is -1.10. The molecule has 5 nitrogen and oxygen atoms in total. The number of hydrogen-bond acceptors (Lipinski definition) is 3. The Morgan fingerprint density at radius 1 is 0.833 bits per heavy atom. The number of rotatable bonds is 3. The highest BCUT2D eigenvalue weighted by atomic mass is 16.2. The van der Waals surface area contributed by atoms with Crippen LogP contribution in [0.15, 0.2) is 0 Å². The van der Waals surface area contributed by atoms with Crippen molar-refractivity contribution in [1.82, 2.24) is 14.7 Å². The normalized spacial score (nSPS) is 27.3. The highest BCUT2D eigenvalue weighted by molar-refractivity contribution is 5.79. The molecular formula is C19H33N3O2. The van der Waals surface area contributed by atoms with Crippen molar-refractivity contribution in [2.24, 2.45) is 11.8 Å². The first kappa shape index (κ1) is 17.7. The lowest BCUT2D eigenvalue weighted by atomic mass is 9.94. The first-order valence-electron chi connectivity index (χ1n) is 9.92. The van der Waals surface area contributed by atoms with E-state index in [1.165, 1.54) is 12.8 Å². The third-order valence-electron chi connectivity index (χ3n) is 5.97. The Morgan fingerprint density at radius 2 is 1.50 bits per heavy atom. The van der Waals surface area contributed by atoms with Crippen molar-refractivity contribution in [3.05, 3.63) is 0 Å². The Bertz CT molecular complexity index is 440. The van der Waals surface area contributed by atoms with Gasteiger partial charge in [-0.2, -0.15) is 0 Å². The van der Waals surface area contributed by atoms with Gasteiger partial charge in [0.15, 0.2) is 0 Å². The fourth-order valence-electron chi connectivity index (χ4n) is 4.42. The third kappa shape index (κ3) is 4.50. The predicted octanol–water partition coefficient (Wildman–Crippen LogP) is 1.97. The van der Waals surface area contributed by atoms with E-state index in [0.29, 0.717) is 18.4 Å². The average Bonchev–Trinajstić information content (AvgIpc) is 2.62. The SMILES string of the molecule is CC1CCCN(C(=O)CN2CCC(C(=O)N3CCCCC3)CC2)C1. The van der Waals surface area contributed by atoms with Crippen LogP contribution in [0, 0.1) is 11.8 Å². The summed E-state index contributed by atoms with van der Waals surface area (Å²) in [4.78, 5) is 31.4. The van der Waals surface area contributed by atoms with E-state index < -0.39 is 0 Å². The van der Waals surface area contributed by atoms with Crippen LogP contribution in [0.1, 0.15) is 51.9 Å². The van der Waals surface area contributed by atoms with Crippen molar-refractivity contribution in [3.8, 4) is 0 Å². The van der Waals surface area contributed by atoms with Gasteiger partial charge in [0.25, 0.3) is 0 Å². The monoisotopic (exact) mass is 335 g/mol. The summed E-state index contributed by atoms with van der Waals surface area (Å²) in [5.41, 5.74) is 0. The second-order valence-corrected chi connectivity index (χ2v) is 8.02. The zero-order chi connectivity index (χ0) is 16.9. The predicted molar refractivity (Wildman–Crippen MR) is 94.6 cm³/mol. The molecule has 0 aromatic heterocycles. The molecule has 0 spiro atoms. The summed E-state index contributed by atoms with van der Waals surface area (Å²) in [5.74, 6) is 1.47. The molecule has 0 aliphatic carbocycles. The van der Waals surface area contributed by atoms with Gasteiger partial charge in [0.05, 0.1) is 6.54 Å². The first-order valence-corrected chi connectivity index (χ1v) is 9.92. The molecule has 3 aliphatic rings. The molecule has 3 fully saturated rings. The standard InChI is InChI=1S/C19H33N3O2/c1-16-6-5-11-22(14-16)18(23)15-20-12-7-17(8-13-20)19(24)21-9-3-2-4-10-21/h16-17H,2-15H2,1H3. The topological polar surface area (TPSA) is 43.9 Å². The van der Waals surface area contributed by atoms with Crippen molar-refractivity contribution in [2.75, 3.05) is 45.8 Å². The molecule has 1 atom stereocenters. The van der Waals surface area contributed by atoms with Crippen molar-refractivity contribution >= 4 is 11.8 Å². The van der Waals surface area contributed by atoms with E-state index in [1.54, 1.807) is 0 Å². The molecule has 0 aromatic rings. The maximum Gasteiger partial charge on any atom is 0.236 e. The zero-order valence-corrected chi connectivity index (χ0v) is 15.2. The molecular weight excluding hydrogens is 302 g/mol. The largest absolute Gasteiger partial charge is 0.342 e. The fraction of sp³-hybridized carbons (Fsp3) is 0.895. The lowest BCUT2D eigenvalue weighted by Gasteiger charge is -2.37. The van der Waals surface area contributed by atoms with Gasteiger partial charge in [0.1, 0.15) is 0 Å². The summed E-state index contributed by atoms with van der Waals surface area (Å²) < 4.78 is 0. The minimum Gasteiger partial charge on any atom is -0.342 e. The lowest BCUT2D eigenvalue weighted by molar-refractivity contribution is -0.138. The van der Waals surface area contributed by atoms with Gasteiger partial charge >= 0.3 is 0 Å². The van der Waals surface area contributed by atoms with E-state index in [-0.39, 0.29) is 11.8 Å². The first-order chi connectivity index (χ1) is 11.6. The molecule has 3 rings (SSSR count). The number of amides is 2. The fourth-order valence-corrected chi connectivity index (χ4v) is 4.42. The summed E-state index contributed by atoms with van der Waals surface area (Å²) in [6.45, 7) is 8.29. The quantitative estimate of drug-likeness (QED) is 0.792. The van der Waals surface area contributed by atoms with Gasteiger partial charge in [-0.3, -0.25) is 14.5 Å². The van der Waals surface area contributed by atoms with E-state index >= 15 is 0 Å². The van der Waals surface area contributed by atoms with Gasteiger partial charge in [0.2, 0.25) is 11.8 Å². The van der Waals surface area contributed by atoms with Gasteiger partial charge in [-0.1, -0.05) is 6.92 Å². The molecule has 0 aromatic carbocycles. The van der Waals surface area contributed by atoms with Crippen LogP contribution in [0.3, 0.4) is 0 Å². The Kier molecular flexibility index (Phi) is 6.14. The maximum absolute atomic E-state index is 12.6. The minimum atomic E-state index is 0.185. The van der Waals surface area contributed by atoms with Crippen LogP contribution in [0.2, 0.25) is 0 Å². The van der Waals surface area contributed by atoms with Crippen LogP contribution in [-0.4, -0.2) is 72.3 Å². The maximum atomic E-state index is 12.6. The van der Waals surface area contributed by atoms with Gasteiger partial charge < -0.3 is 9.80 Å². The average molecular weight is 335 g/mol. The Labute approximate surface area is 146 Å². The number of carbonyl (C=O) groups excluding carboxylic acids is 2. The van der Waals surface area contributed by atoms with Crippen LogP contribution in [0.25, 0.3) is 0 Å². The molecule has 3 aliphatic heterocycles. The second-order valence-electron chi connectivity index (χ2n) is 8.02. The third-order valence-corrected chi connectivity index (χ3v) is 5.97. The number of carbonyl (C=O) groups is 2. The number of piperidine rings is 3. The van der Waals surface area contributed by atoms with Crippen molar-refractivity contribution < 1.29 is 9.59 Å². The highest BCUT2D eigenvalue weighted by Gasteiger charge is 2.30. The summed E-state index contributed by atoms with van der Waals surface area (Å²) in [7, 11) is 0. The summed E-state index contributed by atoms with van der Waals surface area (Å²) in [6.07, 6.45) is 7.80. The molecule has 5 heteroatoms. The smallest absolute Gasteiger partial charge is 0.236 e. The second kappa shape index (κ2) is 8.32. The molecule has 136 valence electrons. The van der Waals surface area contributed by atoms with Gasteiger partial charge in [-0.05, 0) is 64.0 Å². The van der Waals surface area contributed by atoms with E-state index in [9.17, 15) is 9.59 Å². The zero-order valence-electron chi connectivity index (χ0n) is 15.2. The number of likely N-dealkylation sites (tertiary alicyclic amines) is 3. The van der Waals surface area contributed by atoms with Crippen LogP contribution in [0.5, 0.6) is 0 Å². The van der Waals surface area contributed by atoms with Gasteiger partial charge in [0, 0.05) is 32.1 Å². The summed E-state index contributed by atoms with van der Waals surface area (Å²) in [6, 6.07) is 0. The molecule has 0 bridgehead atoms. The lowest BCUT2D eigenvalue weighted by Crippen LogP contribution is -2.48. The molecule has 3 saturated heterocycles. The van der Waals surface area contributed by atoms with Crippen molar-refractivity contribution in [1.29, 1.82) is 0 Å². The van der Waals surface area contributed by atoms with Crippen LogP contribution >= 0.6 is 0 Å². The number of hydrogen-bond donors (Lipinski definition) is 0. The highest BCUT2D eigenvalue weighted by Crippen LogP contribution is 2.22. The molecule has 0 N–H and O–H groups in total. The Morgan fingerprint density at radius 3 is 2.17 bits per heavy atom. The van der Waals surface area contributed by atoms with E-state index in [0.717, 1.165) is 71.4 Å². The molecule has 2 amide bonds. The molecule has 0 radical (unpaired) electrons. The van der Waals surface area contributed by atoms with Crippen LogP contribution in [-0.2, 0) is 9.59 Å². The van der Waals surface area contributed by atoms with Crippen LogP contribution in [0.4, 0.5) is 0 Å². The number of nitrogens with zero attached hydrogens (tertiary/aromatic N) is 3.